The molecule has 0 amide bonds. The van der Waals surface area contributed by atoms with Crippen molar-refractivity contribution in [3.63, 3.8) is 0 Å². The molecule has 0 saturated heterocycles. The molecule has 1 aliphatic rings. The third-order valence-corrected chi connectivity index (χ3v) is 5.05. The normalized spacial score (nSPS) is 15.2. The molecule has 0 saturated carbocycles. The summed E-state index contributed by atoms with van der Waals surface area (Å²) in [6, 6.07) is 14.3. The topological polar surface area (TPSA) is 64.6 Å². The highest BCUT2D eigenvalue weighted by molar-refractivity contribution is 7.88. The minimum Gasteiger partial charge on any atom is -0.486 e. The monoisotopic (exact) mass is 333 g/mol. The summed E-state index contributed by atoms with van der Waals surface area (Å²) in [5, 5.41) is 0. The van der Waals surface area contributed by atoms with E-state index < -0.39 is 10.0 Å². The smallest absolute Gasteiger partial charge is 0.216 e. The van der Waals surface area contributed by atoms with Crippen LogP contribution in [0.3, 0.4) is 0 Å². The molecule has 0 fully saturated rings. The van der Waals surface area contributed by atoms with Gasteiger partial charge in [-0.05, 0) is 30.2 Å². The fourth-order valence-electron chi connectivity index (χ4n) is 2.50. The first-order valence-electron chi connectivity index (χ1n) is 7.47. The van der Waals surface area contributed by atoms with Crippen LogP contribution in [0.5, 0.6) is 11.5 Å². The molecule has 0 unspecified atom stereocenters. The summed E-state index contributed by atoms with van der Waals surface area (Å²) >= 11 is 0. The highest BCUT2D eigenvalue weighted by atomic mass is 32.2. The minimum atomic E-state index is -3.43. The Hall–Kier alpha value is -2.05. The van der Waals surface area contributed by atoms with Crippen LogP contribution in [0.2, 0.25) is 0 Å². The second-order valence-corrected chi connectivity index (χ2v) is 7.24. The van der Waals surface area contributed by atoms with E-state index in [0.717, 1.165) is 11.1 Å². The lowest BCUT2D eigenvalue weighted by atomic mass is 10.1. The van der Waals surface area contributed by atoms with Crippen molar-refractivity contribution in [1.29, 1.82) is 0 Å². The van der Waals surface area contributed by atoms with E-state index in [1.54, 1.807) is 12.1 Å². The van der Waals surface area contributed by atoms with E-state index in [0.29, 0.717) is 24.7 Å². The summed E-state index contributed by atoms with van der Waals surface area (Å²) in [6.07, 6.45) is 0. The maximum absolute atomic E-state index is 12.3. The molecule has 2 aromatic carbocycles. The van der Waals surface area contributed by atoms with E-state index >= 15 is 0 Å². The Kier molecular flexibility index (Phi) is 4.54. The molecule has 6 heteroatoms. The molecule has 0 spiro atoms. The summed E-state index contributed by atoms with van der Waals surface area (Å²) in [7, 11) is -3.43. The number of fused-ring (bicyclic) bond motifs is 1. The molecular formula is C17H19NO4S. The van der Waals surface area contributed by atoms with Crippen molar-refractivity contribution >= 4 is 10.0 Å². The maximum Gasteiger partial charge on any atom is 0.216 e. The maximum atomic E-state index is 12.3. The van der Waals surface area contributed by atoms with Gasteiger partial charge in [-0.1, -0.05) is 36.4 Å². The Morgan fingerprint density at radius 1 is 1.04 bits per heavy atom. The van der Waals surface area contributed by atoms with Gasteiger partial charge in [0.2, 0.25) is 10.0 Å². The van der Waals surface area contributed by atoms with Crippen LogP contribution in [0, 0.1) is 0 Å². The number of nitrogens with one attached hydrogen (secondary N) is 1. The molecule has 0 aromatic heterocycles. The van der Waals surface area contributed by atoms with Gasteiger partial charge in [-0.15, -0.1) is 0 Å². The van der Waals surface area contributed by atoms with E-state index in [-0.39, 0.29) is 11.8 Å². The highest BCUT2D eigenvalue weighted by Crippen LogP contribution is 2.32. The quantitative estimate of drug-likeness (QED) is 0.913. The number of sulfonamides is 1. The van der Waals surface area contributed by atoms with Crippen LogP contribution in [-0.4, -0.2) is 21.6 Å². The van der Waals surface area contributed by atoms with Crippen molar-refractivity contribution in [2.24, 2.45) is 0 Å². The van der Waals surface area contributed by atoms with Crippen molar-refractivity contribution in [2.45, 2.75) is 18.7 Å². The summed E-state index contributed by atoms with van der Waals surface area (Å²) < 4.78 is 38.3. The number of rotatable bonds is 5. The van der Waals surface area contributed by atoms with Gasteiger partial charge < -0.3 is 9.47 Å². The van der Waals surface area contributed by atoms with Crippen LogP contribution in [0.25, 0.3) is 0 Å². The highest BCUT2D eigenvalue weighted by Gasteiger charge is 2.19. The van der Waals surface area contributed by atoms with Crippen molar-refractivity contribution < 1.29 is 17.9 Å². The van der Waals surface area contributed by atoms with Gasteiger partial charge >= 0.3 is 0 Å². The van der Waals surface area contributed by atoms with Crippen LogP contribution in [0.15, 0.2) is 48.5 Å². The fraction of sp³-hybridized carbons (Fsp3) is 0.294. The Morgan fingerprint density at radius 2 is 1.74 bits per heavy atom. The predicted molar refractivity (Wildman–Crippen MR) is 88.0 cm³/mol. The molecule has 5 nitrogen and oxygen atoms in total. The zero-order valence-electron chi connectivity index (χ0n) is 12.9. The lowest BCUT2D eigenvalue weighted by Gasteiger charge is -2.21. The number of ether oxygens (including phenoxy) is 2. The fourth-order valence-corrected chi connectivity index (χ4v) is 3.89. The van der Waals surface area contributed by atoms with Gasteiger partial charge in [0.1, 0.15) is 13.2 Å². The molecule has 0 radical (unpaired) electrons. The molecule has 1 heterocycles. The first kappa shape index (κ1) is 15.8. The molecular weight excluding hydrogens is 314 g/mol. The largest absolute Gasteiger partial charge is 0.486 e. The van der Waals surface area contributed by atoms with Crippen LogP contribution in [-0.2, 0) is 15.8 Å². The lowest BCUT2D eigenvalue weighted by Crippen LogP contribution is -2.28. The van der Waals surface area contributed by atoms with Gasteiger partial charge in [-0.25, -0.2) is 13.1 Å². The SMILES string of the molecule is C[C@H](NS(=O)(=O)Cc1ccccc1)c1ccc2c(c1)OCCO2. The number of benzene rings is 2. The van der Waals surface area contributed by atoms with Crippen molar-refractivity contribution in [3.05, 3.63) is 59.7 Å². The predicted octanol–water partition coefficient (Wildman–Crippen LogP) is 2.64. The first-order chi connectivity index (χ1) is 11.0. The van der Waals surface area contributed by atoms with Gasteiger partial charge in [0.25, 0.3) is 0 Å². The Morgan fingerprint density at radius 3 is 2.48 bits per heavy atom. The van der Waals surface area contributed by atoms with Gasteiger partial charge in [-0.3, -0.25) is 0 Å². The first-order valence-corrected chi connectivity index (χ1v) is 9.12. The van der Waals surface area contributed by atoms with Crippen molar-refractivity contribution in [1.82, 2.24) is 4.72 Å². The summed E-state index contributed by atoms with van der Waals surface area (Å²) in [5.41, 5.74) is 1.60. The number of hydrogen-bond acceptors (Lipinski definition) is 4. The number of hydrogen-bond donors (Lipinski definition) is 1. The molecule has 1 atom stereocenters. The molecule has 122 valence electrons. The van der Waals surface area contributed by atoms with E-state index in [1.165, 1.54) is 0 Å². The average molecular weight is 333 g/mol. The van der Waals surface area contributed by atoms with Gasteiger partial charge in [0, 0.05) is 6.04 Å². The molecule has 2 aromatic rings. The second-order valence-electron chi connectivity index (χ2n) is 5.49. The summed E-state index contributed by atoms with van der Waals surface area (Å²) in [6.45, 7) is 2.85. The standard InChI is InChI=1S/C17H19NO4S/c1-13(15-7-8-16-17(11-15)22-10-9-21-16)18-23(19,20)12-14-5-3-2-4-6-14/h2-8,11,13,18H,9-10,12H2,1H3/t13-/m0/s1. The van der Waals surface area contributed by atoms with E-state index in [2.05, 4.69) is 4.72 Å². The van der Waals surface area contributed by atoms with E-state index in [4.69, 9.17) is 9.47 Å². The molecule has 23 heavy (non-hydrogen) atoms. The van der Waals surface area contributed by atoms with E-state index in [9.17, 15) is 8.42 Å². The van der Waals surface area contributed by atoms with Crippen molar-refractivity contribution in [2.75, 3.05) is 13.2 Å². The Bertz CT molecular complexity index is 774. The van der Waals surface area contributed by atoms with Gasteiger partial charge in [0.05, 0.1) is 5.75 Å². The molecule has 0 aliphatic carbocycles. The average Bonchev–Trinajstić information content (AvgIpc) is 2.54. The molecule has 1 N–H and O–H groups in total. The lowest BCUT2D eigenvalue weighted by molar-refractivity contribution is 0.171. The minimum absolute atomic E-state index is 0.0390. The van der Waals surface area contributed by atoms with Crippen molar-refractivity contribution in [3.8, 4) is 11.5 Å². The summed E-state index contributed by atoms with van der Waals surface area (Å²) in [5.74, 6) is 1.31. The van der Waals surface area contributed by atoms with Crippen LogP contribution < -0.4 is 14.2 Å². The zero-order chi connectivity index (χ0) is 16.3. The molecule has 0 bridgehead atoms. The summed E-state index contributed by atoms with van der Waals surface area (Å²) in [4.78, 5) is 0. The van der Waals surface area contributed by atoms with Crippen LogP contribution in [0.1, 0.15) is 24.1 Å². The third kappa shape index (κ3) is 4.03. The van der Waals surface area contributed by atoms with E-state index in [1.807, 2.05) is 43.3 Å². The zero-order valence-corrected chi connectivity index (χ0v) is 13.7. The van der Waals surface area contributed by atoms with Crippen LogP contribution >= 0.6 is 0 Å². The van der Waals surface area contributed by atoms with Crippen LogP contribution in [0.4, 0.5) is 0 Å². The Balaban J connectivity index is 1.72. The van der Waals surface area contributed by atoms with Gasteiger partial charge in [-0.2, -0.15) is 0 Å². The van der Waals surface area contributed by atoms with Gasteiger partial charge in [0.15, 0.2) is 11.5 Å². The molecule has 3 rings (SSSR count). The third-order valence-electron chi connectivity index (χ3n) is 3.62. The molecule has 1 aliphatic heterocycles. The Labute approximate surface area is 136 Å². The second kappa shape index (κ2) is 6.60.